The van der Waals surface area contributed by atoms with Crippen molar-refractivity contribution in [1.82, 2.24) is 15.2 Å². The van der Waals surface area contributed by atoms with E-state index in [4.69, 9.17) is 9.47 Å². The molecule has 0 radical (unpaired) electrons. The number of carbonyl (C=O) groups excluding carboxylic acids is 1. The molecule has 3 aromatic rings. The minimum atomic E-state index is -0.312. The zero-order chi connectivity index (χ0) is 19.0. The highest BCUT2D eigenvalue weighted by atomic mass is 79.9. The van der Waals surface area contributed by atoms with E-state index in [1.54, 1.807) is 0 Å². The van der Waals surface area contributed by atoms with E-state index in [0.717, 1.165) is 22.7 Å². The maximum atomic E-state index is 12.5. The minimum Gasteiger partial charge on any atom is -0.486 e. The predicted molar refractivity (Wildman–Crippen MR) is 107 cm³/mol. The van der Waals surface area contributed by atoms with Crippen molar-refractivity contribution in [2.45, 2.75) is 19.8 Å². The molecule has 2 N–H and O–H groups in total. The fourth-order valence-corrected chi connectivity index (χ4v) is 4.23. The minimum absolute atomic E-state index is 0.232. The normalized spacial score (nSPS) is 13.0. The summed E-state index contributed by atoms with van der Waals surface area (Å²) in [5.41, 5.74) is 2.86. The van der Waals surface area contributed by atoms with Crippen LogP contribution in [-0.4, -0.2) is 34.3 Å². The van der Waals surface area contributed by atoms with Crippen LogP contribution in [0, 0.1) is 0 Å². The van der Waals surface area contributed by atoms with Gasteiger partial charge in [-0.1, -0.05) is 13.8 Å². The SMILES string of the molecule is CC(C)c1[nH]nc(C(=O)Nc2nc(-c3ccc4c(c3)OCCO4)cs2)c1Br. The fourth-order valence-electron chi connectivity index (χ4n) is 2.70. The summed E-state index contributed by atoms with van der Waals surface area (Å²) in [4.78, 5) is 17.0. The molecule has 0 spiro atoms. The highest BCUT2D eigenvalue weighted by Crippen LogP contribution is 2.35. The van der Waals surface area contributed by atoms with E-state index in [1.165, 1.54) is 11.3 Å². The first-order valence-electron chi connectivity index (χ1n) is 8.43. The van der Waals surface area contributed by atoms with E-state index in [0.29, 0.717) is 34.3 Å². The number of fused-ring (bicyclic) bond motifs is 1. The summed E-state index contributed by atoms with van der Waals surface area (Å²) < 4.78 is 11.8. The van der Waals surface area contributed by atoms with Crippen LogP contribution in [0.2, 0.25) is 0 Å². The Labute approximate surface area is 168 Å². The maximum absolute atomic E-state index is 12.5. The van der Waals surface area contributed by atoms with Gasteiger partial charge in [0.25, 0.3) is 5.91 Å². The molecular formula is C18H17BrN4O3S. The van der Waals surface area contributed by atoms with Crippen molar-refractivity contribution in [3.05, 3.63) is 39.4 Å². The zero-order valence-corrected chi connectivity index (χ0v) is 17.1. The highest BCUT2D eigenvalue weighted by molar-refractivity contribution is 9.10. The summed E-state index contributed by atoms with van der Waals surface area (Å²) in [5.74, 6) is 1.36. The lowest BCUT2D eigenvalue weighted by atomic mass is 10.1. The lowest BCUT2D eigenvalue weighted by Gasteiger charge is -2.18. The molecule has 0 unspecified atom stereocenters. The first-order valence-corrected chi connectivity index (χ1v) is 10.1. The summed E-state index contributed by atoms with van der Waals surface area (Å²) in [5, 5.41) is 12.2. The van der Waals surface area contributed by atoms with Crippen LogP contribution in [0.15, 0.2) is 28.1 Å². The van der Waals surface area contributed by atoms with Gasteiger partial charge in [0.05, 0.1) is 15.9 Å². The Morgan fingerprint density at radius 1 is 1.30 bits per heavy atom. The summed E-state index contributed by atoms with van der Waals surface area (Å²) in [7, 11) is 0. The Balaban J connectivity index is 1.52. The molecule has 3 heterocycles. The predicted octanol–water partition coefficient (Wildman–Crippen LogP) is 4.44. The first kappa shape index (κ1) is 18.0. The number of aromatic amines is 1. The molecule has 1 aliphatic rings. The van der Waals surface area contributed by atoms with Gasteiger partial charge in [-0.05, 0) is 40.0 Å². The van der Waals surface area contributed by atoms with Gasteiger partial charge in [0, 0.05) is 10.9 Å². The third-order valence-corrected chi connectivity index (χ3v) is 5.65. The molecule has 1 aliphatic heterocycles. The van der Waals surface area contributed by atoms with Gasteiger partial charge in [0.2, 0.25) is 0 Å². The van der Waals surface area contributed by atoms with Gasteiger partial charge < -0.3 is 9.47 Å². The summed E-state index contributed by atoms with van der Waals surface area (Å²) in [6.45, 7) is 5.15. The number of thiazole rings is 1. The molecule has 2 aromatic heterocycles. The molecule has 0 bridgehead atoms. The van der Waals surface area contributed by atoms with Crippen LogP contribution >= 0.6 is 27.3 Å². The van der Waals surface area contributed by atoms with E-state index >= 15 is 0 Å². The summed E-state index contributed by atoms with van der Waals surface area (Å²) in [6.07, 6.45) is 0. The molecule has 7 nitrogen and oxygen atoms in total. The van der Waals surface area contributed by atoms with Gasteiger partial charge >= 0.3 is 0 Å². The van der Waals surface area contributed by atoms with Crippen LogP contribution in [0.1, 0.15) is 35.9 Å². The van der Waals surface area contributed by atoms with Gasteiger partial charge in [-0.25, -0.2) is 4.98 Å². The van der Waals surface area contributed by atoms with Gasteiger partial charge in [0.15, 0.2) is 22.3 Å². The standard InChI is InChI=1S/C18H17BrN4O3S/c1-9(2)15-14(19)16(23-22-15)17(24)21-18-20-11(8-27-18)10-3-4-12-13(7-10)26-6-5-25-12/h3-4,7-9H,5-6H2,1-2H3,(H,22,23)(H,20,21,24). The van der Waals surface area contributed by atoms with Gasteiger partial charge in [-0.15, -0.1) is 11.3 Å². The molecule has 0 saturated heterocycles. The second-order valence-corrected chi connectivity index (χ2v) is 7.96. The quantitative estimate of drug-likeness (QED) is 0.615. The molecule has 9 heteroatoms. The first-order chi connectivity index (χ1) is 13.0. The molecule has 0 saturated carbocycles. The maximum Gasteiger partial charge on any atom is 0.279 e. The monoisotopic (exact) mass is 448 g/mol. The molecule has 4 rings (SSSR count). The topological polar surface area (TPSA) is 89.1 Å². The van der Waals surface area contributed by atoms with Crippen molar-refractivity contribution < 1.29 is 14.3 Å². The molecule has 0 fully saturated rings. The molecule has 1 aromatic carbocycles. The van der Waals surface area contributed by atoms with Crippen molar-refractivity contribution in [2.75, 3.05) is 18.5 Å². The Morgan fingerprint density at radius 2 is 2.07 bits per heavy atom. The van der Waals surface area contributed by atoms with Crippen molar-refractivity contribution in [3.63, 3.8) is 0 Å². The van der Waals surface area contributed by atoms with Crippen LogP contribution in [0.25, 0.3) is 11.3 Å². The Morgan fingerprint density at radius 3 is 2.81 bits per heavy atom. The number of aromatic nitrogens is 3. The zero-order valence-electron chi connectivity index (χ0n) is 14.7. The van der Waals surface area contributed by atoms with E-state index in [2.05, 4.69) is 36.4 Å². The molecule has 0 atom stereocenters. The van der Waals surface area contributed by atoms with Crippen molar-refractivity contribution in [3.8, 4) is 22.8 Å². The van der Waals surface area contributed by atoms with E-state index < -0.39 is 0 Å². The van der Waals surface area contributed by atoms with Crippen LogP contribution in [-0.2, 0) is 0 Å². The van der Waals surface area contributed by atoms with Crippen molar-refractivity contribution >= 4 is 38.3 Å². The Bertz CT molecular complexity index is 998. The molecule has 140 valence electrons. The number of ether oxygens (including phenoxy) is 2. The van der Waals surface area contributed by atoms with Crippen molar-refractivity contribution in [1.29, 1.82) is 0 Å². The van der Waals surface area contributed by atoms with Gasteiger partial charge in [0.1, 0.15) is 13.2 Å². The second kappa shape index (κ2) is 7.32. The van der Waals surface area contributed by atoms with Crippen molar-refractivity contribution in [2.24, 2.45) is 0 Å². The summed E-state index contributed by atoms with van der Waals surface area (Å²) >= 11 is 4.80. The molecule has 0 aliphatic carbocycles. The lowest BCUT2D eigenvalue weighted by molar-refractivity contribution is 0.102. The third-order valence-electron chi connectivity index (χ3n) is 4.09. The molecule has 27 heavy (non-hydrogen) atoms. The van der Waals surface area contributed by atoms with E-state index in [9.17, 15) is 4.79 Å². The van der Waals surface area contributed by atoms with E-state index in [1.807, 2.05) is 37.4 Å². The van der Waals surface area contributed by atoms with Gasteiger partial charge in [-0.2, -0.15) is 5.10 Å². The second-order valence-electron chi connectivity index (χ2n) is 6.31. The van der Waals surface area contributed by atoms with Crippen LogP contribution < -0.4 is 14.8 Å². The van der Waals surface area contributed by atoms with Crippen LogP contribution in [0.5, 0.6) is 11.5 Å². The lowest BCUT2D eigenvalue weighted by Crippen LogP contribution is -2.15. The largest absolute Gasteiger partial charge is 0.486 e. The van der Waals surface area contributed by atoms with Gasteiger partial charge in [-0.3, -0.25) is 15.2 Å². The molecular weight excluding hydrogens is 432 g/mol. The number of nitrogens with one attached hydrogen (secondary N) is 2. The van der Waals surface area contributed by atoms with E-state index in [-0.39, 0.29) is 11.8 Å². The average molecular weight is 449 g/mol. The molecule has 1 amide bonds. The third kappa shape index (κ3) is 3.57. The average Bonchev–Trinajstić information content (AvgIpc) is 3.28. The van der Waals surface area contributed by atoms with Crippen LogP contribution in [0.4, 0.5) is 5.13 Å². The number of H-pyrrole nitrogens is 1. The number of hydrogen-bond donors (Lipinski definition) is 2. The number of benzene rings is 1. The fraction of sp³-hybridized carbons (Fsp3) is 0.278. The summed E-state index contributed by atoms with van der Waals surface area (Å²) in [6, 6.07) is 5.69. The number of rotatable bonds is 4. The number of halogens is 1. The smallest absolute Gasteiger partial charge is 0.279 e. The van der Waals surface area contributed by atoms with Crippen LogP contribution in [0.3, 0.4) is 0 Å². The number of anilines is 1. The number of amides is 1. The Hall–Kier alpha value is -2.39. The Kier molecular flexibility index (Phi) is 4.88. The number of carbonyl (C=O) groups is 1. The number of nitrogens with zero attached hydrogens (tertiary/aromatic N) is 2. The number of hydrogen-bond acceptors (Lipinski definition) is 6. The highest BCUT2D eigenvalue weighted by Gasteiger charge is 2.20.